The maximum Gasteiger partial charge on any atom is 0.222 e. The third-order valence-corrected chi connectivity index (χ3v) is 5.54. The highest BCUT2D eigenvalue weighted by atomic mass is 14.9. The molecule has 2 nitrogen and oxygen atoms in total. The summed E-state index contributed by atoms with van der Waals surface area (Å²) in [6, 6.07) is 10.9. The van der Waals surface area contributed by atoms with Gasteiger partial charge in [0.05, 0.1) is 16.5 Å². The summed E-state index contributed by atoms with van der Waals surface area (Å²) in [5.41, 5.74) is 8.32. The highest BCUT2D eigenvalue weighted by Crippen LogP contribution is 2.35. The molecule has 27 heavy (non-hydrogen) atoms. The lowest BCUT2D eigenvalue weighted by atomic mass is 9.87. The van der Waals surface area contributed by atoms with E-state index in [1.807, 2.05) is 17.7 Å². The van der Waals surface area contributed by atoms with Gasteiger partial charge in [0, 0.05) is 11.8 Å². The molecular formula is C25H33N2+. The Bertz CT molecular complexity index is 1030. The molecule has 2 heterocycles. The quantitative estimate of drug-likeness (QED) is 0.490. The van der Waals surface area contributed by atoms with E-state index in [0.29, 0.717) is 23.9 Å². The molecule has 0 radical (unpaired) electrons. The van der Waals surface area contributed by atoms with Crippen molar-refractivity contribution in [3.63, 3.8) is 0 Å². The van der Waals surface area contributed by atoms with Crippen LogP contribution in [0.2, 0.25) is 0 Å². The Kier molecular flexibility index (Phi) is 4.99. The molecule has 0 atom stereocenters. The van der Waals surface area contributed by atoms with Gasteiger partial charge in [-0.15, -0.1) is 0 Å². The Labute approximate surface area is 165 Å². The van der Waals surface area contributed by atoms with Crippen molar-refractivity contribution in [2.24, 2.45) is 7.05 Å². The Morgan fingerprint density at radius 3 is 2.22 bits per heavy atom. The molecule has 3 aromatic rings. The third kappa shape index (κ3) is 3.63. The zero-order valence-electron chi connectivity index (χ0n) is 19.0. The SMILES string of the molecule is [2H]c1cc2nc(C(C)C)ccc2c(-c2cc(C(C)C)cc(C(C)C)c2C)[n+]1C. The summed E-state index contributed by atoms with van der Waals surface area (Å²) in [4.78, 5) is 4.87. The van der Waals surface area contributed by atoms with E-state index in [4.69, 9.17) is 6.35 Å². The minimum absolute atomic E-state index is 0.370. The smallest absolute Gasteiger partial charge is 0.222 e. The summed E-state index contributed by atoms with van der Waals surface area (Å²) in [6.45, 7) is 15.5. The first kappa shape index (κ1) is 18.2. The maximum atomic E-state index is 8.54. The van der Waals surface area contributed by atoms with E-state index in [2.05, 4.69) is 72.7 Å². The monoisotopic (exact) mass is 362 g/mol. The molecule has 3 rings (SSSR count). The van der Waals surface area contributed by atoms with Crippen molar-refractivity contribution in [1.29, 1.82) is 0 Å². The van der Waals surface area contributed by atoms with Gasteiger partial charge in [-0.05, 0) is 59.6 Å². The van der Waals surface area contributed by atoms with Gasteiger partial charge >= 0.3 is 0 Å². The molecule has 0 N–H and O–H groups in total. The first-order chi connectivity index (χ1) is 13.1. The minimum atomic E-state index is 0.370. The van der Waals surface area contributed by atoms with Crippen molar-refractivity contribution < 1.29 is 5.94 Å². The zero-order valence-corrected chi connectivity index (χ0v) is 18.0. The molecule has 2 heteroatoms. The van der Waals surface area contributed by atoms with Gasteiger partial charge in [-0.2, -0.15) is 0 Å². The number of benzene rings is 1. The fraction of sp³-hybridized carbons (Fsp3) is 0.440. The average Bonchev–Trinajstić information content (AvgIpc) is 2.62. The van der Waals surface area contributed by atoms with Crippen LogP contribution >= 0.6 is 0 Å². The average molecular weight is 363 g/mol. The topological polar surface area (TPSA) is 16.8 Å². The van der Waals surface area contributed by atoms with Gasteiger partial charge in [-0.1, -0.05) is 47.6 Å². The van der Waals surface area contributed by atoms with Gasteiger partial charge in [0.2, 0.25) is 5.69 Å². The van der Waals surface area contributed by atoms with E-state index in [-0.39, 0.29) is 0 Å². The van der Waals surface area contributed by atoms with Crippen LogP contribution in [0, 0.1) is 6.92 Å². The minimum Gasteiger partial charge on any atom is -0.252 e. The lowest BCUT2D eigenvalue weighted by Gasteiger charge is -2.18. The number of hydrogen-bond donors (Lipinski definition) is 0. The molecule has 0 spiro atoms. The highest BCUT2D eigenvalue weighted by Gasteiger charge is 2.22. The molecule has 0 amide bonds. The normalized spacial score (nSPS) is 12.5. The summed E-state index contributed by atoms with van der Waals surface area (Å²) in [5.74, 6) is 1.28. The Balaban J connectivity index is 2.42. The van der Waals surface area contributed by atoms with E-state index in [1.54, 1.807) is 0 Å². The first-order valence-electron chi connectivity index (χ1n) is 10.6. The molecule has 142 valence electrons. The van der Waals surface area contributed by atoms with Crippen molar-refractivity contribution in [2.45, 2.75) is 66.2 Å². The second kappa shape index (κ2) is 7.42. The lowest BCUT2D eigenvalue weighted by molar-refractivity contribution is -0.659. The molecule has 0 saturated carbocycles. The number of pyridine rings is 2. The highest BCUT2D eigenvalue weighted by molar-refractivity contribution is 5.91. The summed E-state index contributed by atoms with van der Waals surface area (Å²) in [5, 5.41) is 1.11. The molecule has 0 saturated heterocycles. The summed E-state index contributed by atoms with van der Waals surface area (Å²) in [7, 11) is 1.99. The molecule has 0 unspecified atom stereocenters. The van der Waals surface area contributed by atoms with E-state index in [0.717, 1.165) is 22.3 Å². The van der Waals surface area contributed by atoms with E-state index >= 15 is 0 Å². The van der Waals surface area contributed by atoms with Crippen LogP contribution in [0.15, 0.2) is 36.5 Å². The first-order valence-corrected chi connectivity index (χ1v) is 10.1. The van der Waals surface area contributed by atoms with Crippen molar-refractivity contribution in [3.8, 4) is 11.3 Å². The van der Waals surface area contributed by atoms with E-state index in [1.165, 1.54) is 22.3 Å². The summed E-state index contributed by atoms with van der Waals surface area (Å²) >= 11 is 0. The molecule has 0 fully saturated rings. The summed E-state index contributed by atoms with van der Waals surface area (Å²) in [6.07, 6.45) is 0.483. The van der Waals surface area contributed by atoms with Crippen molar-refractivity contribution in [2.75, 3.05) is 0 Å². The molecule has 0 aliphatic carbocycles. The molecule has 1 aromatic carbocycles. The van der Waals surface area contributed by atoms with E-state index < -0.39 is 0 Å². The Hall–Kier alpha value is -2.22. The second-order valence-corrected chi connectivity index (χ2v) is 8.60. The fourth-order valence-electron chi connectivity index (χ4n) is 3.79. The molecule has 0 aliphatic rings. The molecule has 0 aliphatic heterocycles. The van der Waals surface area contributed by atoms with Crippen LogP contribution in [0.1, 0.15) is 83.1 Å². The van der Waals surface area contributed by atoms with Crippen LogP contribution in [0.5, 0.6) is 0 Å². The maximum absolute atomic E-state index is 8.54. The number of aromatic nitrogens is 2. The number of fused-ring (bicyclic) bond motifs is 1. The standard InChI is InChI=1S/C25H33N2/c1-15(2)19-13-21(16(3)4)18(7)22(14-19)25-20-9-10-23(17(5)6)26-24(20)11-12-27(25)8/h9-17H,1-8H3/q+1/i12D. The number of nitrogens with zero attached hydrogens (tertiary/aromatic N) is 2. The predicted molar refractivity (Wildman–Crippen MR) is 115 cm³/mol. The molecule has 0 bridgehead atoms. The van der Waals surface area contributed by atoms with Crippen LogP contribution in [0.4, 0.5) is 0 Å². The Morgan fingerprint density at radius 2 is 1.63 bits per heavy atom. The van der Waals surface area contributed by atoms with Crippen LogP contribution in [-0.2, 0) is 7.05 Å². The van der Waals surface area contributed by atoms with Gasteiger partial charge in [0.15, 0.2) is 6.17 Å². The molecule has 2 aromatic heterocycles. The third-order valence-electron chi connectivity index (χ3n) is 5.54. The fourth-order valence-corrected chi connectivity index (χ4v) is 3.79. The van der Waals surface area contributed by atoms with Crippen molar-refractivity contribution >= 4 is 10.9 Å². The van der Waals surface area contributed by atoms with Crippen molar-refractivity contribution in [3.05, 3.63) is 58.9 Å². The second-order valence-electron chi connectivity index (χ2n) is 8.60. The van der Waals surface area contributed by atoms with Crippen LogP contribution < -0.4 is 4.57 Å². The number of rotatable bonds is 4. The Morgan fingerprint density at radius 1 is 0.926 bits per heavy atom. The van der Waals surface area contributed by atoms with Gasteiger partial charge in [0.25, 0.3) is 0 Å². The largest absolute Gasteiger partial charge is 0.252 e. The van der Waals surface area contributed by atoms with E-state index in [9.17, 15) is 0 Å². The lowest BCUT2D eigenvalue weighted by Crippen LogP contribution is -2.31. The van der Waals surface area contributed by atoms with Gasteiger partial charge in [-0.3, -0.25) is 4.98 Å². The van der Waals surface area contributed by atoms with Crippen LogP contribution in [-0.4, -0.2) is 4.98 Å². The van der Waals surface area contributed by atoms with Crippen LogP contribution in [0.3, 0.4) is 0 Å². The van der Waals surface area contributed by atoms with Gasteiger partial charge in [0.1, 0.15) is 8.42 Å². The molecular weight excluding hydrogens is 328 g/mol. The van der Waals surface area contributed by atoms with Crippen molar-refractivity contribution in [1.82, 2.24) is 4.98 Å². The number of hydrogen-bond acceptors (Lipinski definition) is 1. The zero-order chi connectivity index (χ0) is 20.7. The predicted octanol–water partition coefficient (Wildman–Crippen LogP) is 6.40. The van der Waals surface area contributed by atoms with Gasteiger partial charge < -0.3 is 0 Å². The van der Waals surface area contributed by atoms with Crippen LogP contribution in [0.25, 0.3) is 22.2 Å². The van der Waals surface area contributed by atoms with Gasteiger partial charge in [-0.25, -0.2) is 4.57 Å². The summed E-state index contributed by atoms with van der Waals surface area (Å²) < 4.78 is 10.5.